The summed E-state index contributed by atoms with van der Waals surface area (Å²) < 4.78 is 9.88. The Morgan fingerprint density at radius 3 is 2.60 bits per heavy atom. The first-order chi connectivity index (χ1) is 4.91. The van der Waals surface area contributed by atoms with E-state index in [1.54, 1.807) is 0 Å². The molecular weight excluding hydrogens is 128 g/mol. The molecule has 0 bridgehead atoms. The normalized spacial score (nSPS) is 10.1. The molecule has 0 unspecified atom stereocenters. The first-order valence-corrected chi connectivity index (χ1v) is 3.37. The maximum Gasteiger partial charge on any atom is 0.106 e. The molecule has 0 rings (SSSR count). The van der Waals surface area contributed by atoms with Crippen molar-refractivity contribution in [1.29, 1.82) is 0 Å². The van der Waals surface area contributed by atoms with E-state index in [4.69, 9.17) is 9.47 Å². The summed E-state index contributed by atoms with van der Waals surface area (Å²) in [5.74, 6) is 0. The lowest BCUT2D eigenvalue weighted by Crippen LogP contribution is -1.89. The molecule has 0 radical (unpaired) electrons. The van der Waals surface area contributed by atoms with E-state index in [1.165, 1.54) is 6.26 Å². The number of hydrogen-bond donors (Lipinski definition) is 0. The van der Waals surface area contributed by atoms with Gasteiger partial charge in [0.25, 0.3) is 0 Å². The fourth-order valence-corrected chi connectivity index (χ4v) is 0.446. The van der Waals surface area contributed by atoms with E-state index in [0.717, 1.165) is 6.61 Å². The SMILES string of the molecule is C=COCC=CCOCC. The van der Waals surface area contributed by atoms with E-state index in [0.29, 0.717) is 13.2 Å². The Balaban J connectivity index is 2.96. The predicted molar refractivity (Wildman–Crippen MR) is 41.8 cm³/mol. The Hall–Kier alpha value is -0.760. The van der Waals surface area contributed by atoms with Gasteiger partial charge in [0.05, 0.1) is 12.9 Å². The van der Waals surface area contributed by atoms with Crippen molar-refractivity contribution >= 4 is 0 Å². The number of ether oxygens (including phenoxy) is 2. The van der Waals surface area contributed by atoms with Gasteiger partial charge in [0.1, 0.15) is 6.61 Å². The molecule has 0 aliphatic carbocycles. The quantitative estimate of drug-likeness (QED) is 0.319. The molecule has 0 heterocycles. The van der Waals surface area contributed by atoms with Crippen molar-refractivity contribution < 1.29 is 9.47 Å². The highest BCUT2D eigenvalue weighted by Crippen LogP contribution is 1.79. The maximum absolute atomic E-state index is 5.05. The molecule has 58 valence electrons. The van der Waals surface area contributed by atoms with Crippen molar-refractivity contribution in [1.82, 2.24) is 0 Å². The zero-order chi connectivity index (χ0) is 7.66. The summed E-state index contributed by atoms with van der Waals surface area (Å²) in [6.07, 6.45) is 5.25. The van der Waals surface area contributed by atoms with E-state index in [1.807, 2.05) is 19.1 Å². The van der Waals surface area contributed by atoms with E-state index < -0.39 is 0 Å². The Bertz CT molecular complexity index is 97.4. The van der Waals surface area contributed by atoms with Gasteiger partial charge in [0, 0.05) is 6.61 Å². The highest BCUT2D eigenvalue weighted by molar-refractivity contribution is 4.81. The molecule has 0 N–H and O–H groups in total. The van der Waals surface area contributed by atoms with Gasteiger partial charge in [-0.25, -0.2) is 0 Å². The molecule has 2 heteroatoms. The molecule has 0 aliphatic rings. The van der Waals surface area contributed by atoms with E-state index >= 15 is 0 Å². The predicted octanol–water partition coefficient (Wildman–Crippen LogP) is 1.74. The van der Waals surface area contributed by atoms with Gasteiger partial charge in [0.15, 0.2) is 0 Å². The van der Waals surface area contributed by atoms with Gasteiger partial charge < -0.3 is 9.47 Å². The van der Waals surface area contributed by atoms with Crippen LogP contribution in [0.25, 0.3) is 0 Å². The second-order valence-corrected chi connectivity index (χ2v) is 1.63. The Kier molecular flexibility index (Phi) is 7.61. The molecule has 0 atom stereocenters. The minimum Gasteiger partial charge on any atom is -0.498 e. The highest BCUT2D eigenvalue weighted by atomic mass is 16.5. The van der Waals surface area contributed by atoms with Crippen LogP contribution in [0.3, 0.4) is 0 Å². The summed E-state index contributed by atoms with van der Waals surface area (Å²) in [7, 11) is 0. The molecule has 0 aromatic heterocycles. The number of hydrogen-bond acceptors (Lipinski definition) is 2. The second kappa shape index (κ2) is 8.24. The summed E-state index contributed by atoms with van der Waals surface area (Å²) in [4.78, 5) is 0. The minimum atomic E-state index is 0.580. The molecule has 0 saturated carbocycles. The van der Waals surface area contributed by atoms with Crippen LogP contribution < -0.4 is 0 Å². The first kappa shape index (κ1) is 9.24. The minimum absolute atomic E-state index is 0.580. The van der Waals surface area contributed by atoms with Crippen molar-refractivity contribution in [3.63, 3.8) is 0 Å². The van der Waals surface area contributed by atoms with Gasteiger partial charge in [-0.3, -0.25) is 0 Å². The lowest BCUT2D eigenvalue weighted by Gasteiger charge is -1.93. The molecule has 0 aliphatic heterocycles. The molecule has 0 aromatic rings. The van der Waals surface area contributed by atoms with Crippen molar-refractivity contribution in [2.45, 2.75) is 6.92 Å². The fraction of sp³-hybridized carbons (Fsp3) is 0.500. The van der Waals surface area contributed by atoms with Crippen LogP contribution in [0.1, 0.15) is 6.92 Å². The van der Waals surface area contributed by atoms with Gasteiger partial charge in [-0.2, -0.15) is 0 Å². The van der Waals surface area contributed by atoms with Crippen molar-refractivity contribution in [2.24, 2.45) is 0 Å². The Morgan fingerprint density at radius 1 is 1.30 bits per heavy atom. The van der Waals surface area contributed by atoms with Crippen molar-refractivity contribution in [3.8, 4) is 0 Å². The molecule has 0 fully saturated rings. The highest BCUT2D eigenvalue weighted by Gasteiger charge is 1.75. The Labute approximate surface area is 62.1 Å². The summed E-state index contributed by atoms with van der Waals surface area (Å²) >= 11 is 0. The van der Waals surface area contributed by atoms with Gasteiger partial charge in [0.2, 0.25) is 0 Å². The van der Waals surface area contributed by atoms with Crippen LogP contribution in [0.4, 0.5) is 0 Å². The first-order valence-electron chi connectivity index (χ1n) is 3.37. The lowest BCUT2D eigenvalue weighted by molar-refractivity contribution is 0.177. The van der Waals surface area contributed by atoms with Crippen LogP contribution in [0, 0.1) is 0 Å². The Morgan fingerprint density at radius 2 is 2.00 bits per heavy atom. The average molecular weight is 142 g/mol. The van der Waals surface area contributed by atoms with Crippen LogP contribution in [0.2, 0.25) is 0 Å². The van der Waals surface area contributed by atoms with Crippen LogP contribution >= 0.6 is 0 Å². The van der Waals surface area contributed by atoms with Crippen LogP contribution in [0.15, 0.2) is 25.0 Å². The third-order valence-electron chi connectivity index (χ3n) is 0.895. The zero-order valence-electron chi connectivity index (χ0n) is 6.38. The summed E-state index contributed by atoms with van der Waals surface area (Å²) in [5.41, 5.74) is 0. The monoisotopic (exact) mass is 142 g/mol. The third kappa shape index (κ3) is 7.24. The summed E-state index contributed by atoms with van der Waals surface area (Å²) in [6, 6.07) is 0. The standard InChI is InChI=1S/C8H14O2/c1-3-9-7-5-6-8-10-4-2/h3,5-6H,1,4,7-8H2,2H3. The zero-order valence-corrected chi connectivity index (χ0v) is 6.38. The van der Waals surface area contributed by atoms with E-state index in [9.17, 15) is 0 Å². The molecule has 0 aromatic carbocycles. The molecular formula is C8H14O2. The summed E-state index contributed by atoms with van der Waals surface area (Å²) in [5, 5.41) is 0. The van der Waals surface area contributed by atoms with Crippen molar-refractivity contribution in [2.75, 3.05) is 19.8 Å². The third-order valence-corrected chi connectivity index (χ3v) is 0.895. The second-order valence-electron chi connectivity index (χ2n) is 1.63. The van der Waals surface area contributed by atoms with Crippen LogP contribution in [-0.2, 0) is 9.47 Å². The molecule has 0 spiro atoms. The maximum atomic E-state index is 5.05. The average Bonchev–Trinajstić information content (AvgIpc) is 1.97. The van der Waals surface area contributed by atoms with Gasteiger partial charge >= 0.3 is 0 Å². The van der Waals surface area contributed by atoms with Crippen LogP contribution in [0.5, 0.6) is 0 Å². The van der Waals surface area contributed by atoms with Gasteiger partial charge in [-0.15, -0.1) is 0 Å². The summed E-state index contributed by atoms with van der Waals surface area (Å²) in [6.45, 7) is 7.37. The molecule has 10 heavy (non-hydrogen) atoms. The van der Waals surface area contributed by atoms with Gasteiger partial charge in [-0.05, 0) is 13.0 Å². The van der Waals surface area contributed by atoms with E-state index in [2.05, 4.69) is 6.58 Å². The number of rotatable bonds is 6. The topological polar surface area (TPSA) is 18.5 Å². The van der Waals surface area contributed by atoms with Crippen LogP contribution in [-0.4, -0.2) is 19.8 Å². The van der Waals surface area contributed by atoms with E-state index in [-0.39, 0.29) is 0 Å². The molecule has 0 amide bonds. The fourth-order valence-electron chi connectivity index (χ4n) is 0.446. The lowest BCUT2D eigenvalue weighted by atomic mass is 10.5. The van der Waals surface area contributed by atoms with Gasteiger partial charge in [-0.1, -0.05) is 12.7 Å². The van der Waals surface area contributed by atoms with Crippen molar-refractivity contribution in [3.05, 3.63) is 25.0 Å². The molecule has 2 nitrogen and oxygen atoms in total. The smallest absolute Gasteiger partial charge is 0.106 e. The largest absolute Gasteiger partial charge is 0.498 e. The molecule has 0 saturated heterocycles.